The molecule has 0 unspecified atom stereocenters. The topological polar surface area (TPSA) is 34.6 Å². The van der Waals surface area contributed by atoms with Gasteiger partial charge >= 0.3 is 0 Å². The Morgan fingerprint density at radius 2 is 1.80 bits per heavy atom. The van der Waals surface area contributed by atoms with Crippen molar-refractivity contribution in [2.24, 2.45) is 0 Å². The minimum Gasteiger partial charge on any atom is -0.344 e. The number of hydrogen-bond acceptors (Lipinski definition) is 4. The van der Waals surface area contributed by atoms with Crippen molar-refractivity contribution in [1.82, 2.24) is 9.88 Å². The van der Waals surface area contributed by atoms with Gasteiger partial charge in [-0.1, -0.05) is 6.07 Å². The lowest BCUT2D eigenvalue weighted by Gasteiger charge is -2.35. The Morgan fingerprint density at radius 1 is 1.15 bits per heavy atom. The first-order valence-electron chi connectivity index (χ1n) is 7.63. The molecule has 1 aliphatic rings. The average Bonchev–Trinajstić information content (AvgIpc) is 2.92. The molecule has 0 atom stereocenters. The third kappa shape index (κ3) is 3.57. The predicted octanol–water partition coefficient (Wildman–Crippen LogP) is 2.71. The number of nitrogens with zero attached hydrogens (tertiary/aromatic N) is 2. The average molecular weight is 278 g/mol. The van der Waals surface area contributed by atoms with Gasteiger partial charge in [0, 0.05) is 19.4 Å². The van der Waals surface area contributed by atoms with Gasteiger partial charge in [-0.05, 0) is 58.3 Å². The normalized spacial score (nSPS) is 16.8. The van der Waals surface area contributed by atoms with E-state index >= 15 is 0 Å². The van der Waals surface area contributed by atoms with Gasteiger partial charge in [-0.3, -0.25) is 9.88 Å². The van der Waals surface area contributed by atoms with Gasteiger partial charge < -0.3 is 9.47 Å². The van der Waals surface area contributed by atoms with Crippen LogP contribution in [0.25, 0.3) is 0 Å². The summed E-state index contributed by atoms with van der Waals surface area (Å²) in [6, 6.07) is 4.09. The highest BCUT2D eigenvalue weighted by molar-refractivity contribution is 5.17. The molecule has 4 heteroatoms. The molecule has 0 aliphatic carbocycles. The third-order valence-corrected chi connectivity index (χ3v) is 3.69. The molecule has 0 saturated carbocycles. The zero-order valence-electron chi connectivity index (χ0n) is 12.9. The summed E-state index contributed by atoms with van der Waals surface area (Å²) in [6.45, 7) is 10.3. The largest absolute Gasteiger partial charge is 0.344 e. The van der Waals surface area contributed by atoms with E-state index in [1.165, 1.54) is 12.8 Å². The quantitative estimate of drug-likeness (QED) is 0.718. The van der Waals surface area contributed by atoms with E-state index in [1.807, 2.05) is 33.0 Å². The number of likely N-dealkylation sites (tertiary alicyclic amines) is 1. The molecule has 0 radical (unpaired) electrons. The molecule has 1 aromatic heterocycles. The number of aromatic nitrogens is 1. The Morgan fingerprint density at radius 3 is 2.30 bits per heavy atom. The van der Waals surface area contributed by atoms with Gasteiger partial charge in [0.25, 0.3) is 0 Å². The van der Waals surface area contributed by atoms with Crippen LogP contribution in [0.5, 0.6) is 0 Å². The molecule has 0 amide bonds. The first kappa shape index (κ1) is 15.4. The number of ether oxygens (including phenoxy) is 2. The summed E-state index contributed by atoms with van der Waals surface area (Å²) in [4.78, 5) is 6.96. The zero-order chi connectivity index (χ0) is 14.4. The van der Waals surface area contributed by atoms with E-state index in [0.29, 0.717) is 13.2 Å². The molecule has 0 spiro atoms. The molecule has 2 heterocycles. The Hall–Kier alpha value is -0.970. The summed E-state index contributed by atoms with van der Waals surface area (Å²) in [6.07, 6.45) is 4.40. The first-order chi connectivity index (χ1) is 9.70. The van der Waals surface area contributed by atoms with Crippen LogP contribution in [0.2, 0.25) is 0 Å². The second-order valence-corrected chi connectivity index (χ2v) is 5.32. The van der Waals surface area contributed by atoms with Crippen LogP contribution in [-0.4, -0.2) is 42.7 Å². The van der Waals surface area contributed by atoms with E-state index < -0.39 is 5.79 Å². The second-order valence-electron chi connectivity index (χ2n) is 5.32. The zero-order valence-corrected chi connectivity index (χ0v) is 12.9. The van der Waals surface area contributed by atoms with Crippen LogP contribution >= 0.6 is 0 Å². The van der Waals surface area contributed by atoms with Gasteiger partial charge in [-0.25, -0.2) is 0 Å². The SMILES string of the molecule is CCOC(CN1CCCC1)(OCC)c1ccc(C)cn1. The minimum absolute atomic E-state index is 0.614. The van der Waals surface area contributed by atoms with E-state index in [9.17, 15) is 0 Å². The maximum absolute atomic E-state index is 6.03. The molecule has 1 aliphatic heterocycles. The van der Waals surface area contributed by atoms with Crippen molar-refractivity contribution in [1.29, 1.82) is 0 Å². The Bertz CT molecular complexity index is 393. The van der Waals surface area contributed by atoms with Gasteiger partial charge in [0.2, 0.25) is 5.79 Å². The standard InChI is InChI=1S/C16H26N2O2/c1-4-19-16(20-5-2,13-18-10-6-7-11-18)15-9-8-14(3)12-17-15/h8-9,12H,4-7,10-11,13H2,1-3H3. The summed E-state index contributed by atoms with van der Waals surface area (Å²) in [7, 11) is 0. The molecule has 1 fully saturated rings. The molecule has 4 nitrogen and oxygen atoms in total. The van der Waals surface area contributed by atoms with Gasteiger partial charge in [0.15, 0.2) is 0 Å². The fourth-order valence-corrected chi connectivity index (χ4v) is 2.76. The molecule has 2 rings (SSSR count). The molecule has 1 saturated heterocycles. The van der Waals surface area contributed by atoms with E-state index in [1.54, 1.807) is 0 Å². The molecule has 0 bridgehead atoms. The molecule has 1 aromatic rings. The first-order valence-corrected chi connectivity index (χ1v) is 7.63. The van der Waals surface area contributed by atoms with Gasteiger partial charge in [-0.15, -0.1) is 0 Å². The minimum atomic E-state index is -0.735. The van der Waals surface area contributed by atoms with Crippen molar-refractivity contribution in [3.63, 3.8) is 0 Å². The van der Waals surface area contributed by atoms with Gasteiger partial charge in [0.1, 0.15) is 5.69 Å². The van der Waals surface area contributed by atoms with E-state index in [-0.39, 0.29) is 0 Å². The summed E-state index contributed by atoms with van der Waals surface area (Å²) in [5.74, 6) is -0.735. The summed E-state index contributed by atoms with van der Waals surface area (Å²) in [5, 5.41) is 0. The maximum Gasteiger partial charge on any atom is 0.225 e. The highest BCUT2D eigenvalue weighted by Gasteiger charge is 2.38. The number of hydrogen-bond donors (Lipinski definition) is 0. The van der Waals surface area contributed by atoms with Crippen LogP contribution in [0, 0.1) is 6.92 Å². The molecular formula is C16H26N2O2. The number of pyridine rings is 1. The van der Waals surface area contributed by atoms with Crippen molar-refractivity contribution < 1.29 is 9.47 Å². The maximum atomic E-state index is 6.03. The molecular weight excluding hydrogens is 252 g/mol. The van der Waals surface area contributed by atoms with Crippen LogP contribution in [0.3, 0.4) is 0 Å². The molecule has 20 heavy (non-hydrogen) atoms. The van der Waals surface area contributed by atoms with E-state index in [0.717, 1.165) is 30.9 Å². The monoisotopic (exact) mass is 278 g/mol. The third-order valence-electron chi connectivity index (χ3n) is 3.69. The lowest BCUT2D eigenvalue weighted by Crippen LogP contribution is -2.45. The van der Waals surface area contributed by atoms with E-state index in [2.05, 4.69) is 16.0 Å². The van der Waals surface area contributed by atoms with Crippen LogP contribution in [0.15, 0.2) is 18.3 Å². The van der Waals surface area contributed by atoms with Crippen molar-refractivity contribution in [2.75, 3.05) is 32.8 Å². The Kier molecular flexibility index (Phi) is 5.52. The smallest absolute Gasteiger partial charge is 0.225 e. The van der Waals surface area contributed by atoms with Crippen LogP contribution in [0.4, 0.5) is 0 Å². The molecule has 112 valence electrons. The van der Waals surface area contributed by atoms with Crippen LogP contribution < -0.4 is 0 Å². The Balaban J connectivity index is 2.26. The highest BCUT2D eigenvalue weighted by atomic mass is 16.7. The van der Waals surface area contributed by atoms with Gasteiger partial charge in [0.05, 0.1) is 6.54 Å². The molecule has 0 N–H and O–H groups in total. The summed E-state index contributed by atoms with van der Waals surface area (Å²) in [5.41, 5.74) is 2.02. The van der Waals surface area contributed by atoms with Crippen molar-refractivity contribution in [3.05, 3.63) is 29.6 Å². The van der Waals surface area contributed by atoms with Crippen molar-refractivity contribution >= 4 is 0 Å². The van der Waals surface area contributed by atoms with E-state index in [4.69, 9.17) is 9.47 Å². The van der Waals surface area contributed by atoms with Crippen molar-refractivity contribution in [3.8, 4) is 0 Å². The Labute approximate surface area is 122 Å². The summed E-state index contributed by atoms with van der Waals surface area (Å²) >= 11 is 0. The predicted molar refractivity (Wildman–Crippen MR) is 79.6 cm³/mol. The van der Waals surface area contributed by atoms with Gasteiger partial charge in [-0.2, -0.15) is 0 Å². The summed E-state index contributed by atoms with van der Waals surface area (Å²) < 4.78 is 12.1. The fraction of sp³-hybridized carbons (Fsp3) is 0.688. The van der Waals surface area contributed by atoms with Crippen molar-refractivity contribution in [2.45, 2.75) is 39.4 Å². The van der Waals surface area contributed by atoms with Crippen LogP contribution in [0.1, 0.15) is 37.9 Å². The highest BCUT2D eigenvalue weighted by Crippen LogP contribution is 2.29. The molecule has 0 aromatic carbocycles. The number of aryl methyl sites for hydroxylation is 1. The number of rotatable bonds is 7. The lowest BCUT2D eigenvalue weighted by atomic mass is 10.1. The second kappa shape index (κ2) is 7.16. The van der Waals surface area contributed by atoms with Crippen LogP contribution in [-0.2, 0) is 15.3 Å². The lowest BCUT2D eigenvalue weighted by molar-refractivity contribution is -0.252. The fourth-order valence-electron chi connectivity index (χ4n) is 2.76.